The Kier molecular flexibility index (Phi) is 10.3. The summed E-state index contributed by atoms with van der Waals surface area (Å²) in [5.41, 5.74) is -1.03. The molecule has 1 aliphatic rings. The minimum absolute atomic E-state index is 0.0118. The van der Waals surface area contributed by atoms with Gasteiger partial charge in [-0.15, -0.1) is 5.10 Å². The molecular formula is C32H29F6N9O. The van der Waals surface area contributed by atoms with Crippen LogP contribution in [-0.4, -0.2) is 39.0 Å². The van der Waals surface area contributed by atoms with Crippen LogP contribution in [0.2, 0.25) is 0 Å². The van der Waals surface area contributed by atoms with E-state index in [0.29, 0.717) is 29.3 Å². The first-order valence-electron chi connectivity index (χ1n) is 14.9. The van der Waals surface area contributed by atoms with E-state index in [2.05, 4.69) is 36.3 Å². The van der Waals surface area contributed by atoms with Crippen molar-refractivity contribution in [2.45, 2.75) is 56.9 Å². The van der Waals surface area contributed by atoms with E-state index < -0.39 is 41.6 Å². The van der Waals surface area contributed by atoms with Gasteiger partial charge in [0.05, 0.1) is 23.7 Å². The number of tetrazole rings is 1. The Hall–Kier alpha value is -5.46. The molecule has 0 radical (unpaired) electrons. The lowest BCUT2D eigenvalue weighted by Gasteiger charge is -2.28. The Morgan fingerprint density at radius 2 is 1.56 bits per heavy atom. The number of amides is 1. The van der Waals surface area contributed by atoms with Crippen molar-refractivity contribution in [2.24, 2.45) is 4.99 Å². The number of carbonyl (C=O) groups excluding carboxylic acids is 1. The standard InChI is InChI=1S/C32H29F6N9O/c33-31(34,35)24-16-25(32(36,37)38)18-26(17-24)41-30(40-15-14-39)47(27-12-10-22(11-13-27)21-4-2-1-3-5-21)19-20-6-8-23(9-7-20)28(48)42-29-43-45-46-44-29/h6-13,16-18,21H,1-5,15,19H2,(H,40,41)(H2,42,43,44,45,46,48). The van der Waals surface area contributed by atoms with Gasteiger partial charge in [0.2, 0.25) is 5.96 Å². The van der Waals surface area contributed by atoms with Gasteiger partial charge in [-0.05, 0) is 77.6 Å². The average molecular weight is 670 g/mol. The molecule has 1 amide bonds. The third kappa shape index (κ3) is 8.66. The number of nitrogens with zero attached hydrogens (tertiary/aromatic N) is 6. The van der Waals surface area contributed by atoms with E-state index in [4.69, 9.17) is 0 Å². The molecule has 0 atom stereocenters. The number of hydrogen-bond acceptors (Lipinski definition) is 6. The van der Waals surface area contributed by atoms with Gasteiger partial charge >= 0.3 is 12.4 Å². The molecule has 1 fully saturated rings. The fraction of sp³-hybridized carbons (Fsp3) is 0.312. The summed E-state index contributed by atoms with van der Waals surface area (Å²) in [6.07, 6.45) is -4.62. The minimum Gasteiger partial charge on any atom is -0.326 e. The van der Waals surface area contributed by atoms with Crippen molar-refractivity contribution < 1.29 is 31.1 Å². The smallest absolute Gasteiger partial charge is 0.326 e. The van der Waals surface area contributed by atoms with Crippen LogP contribution in [0, 0.1) is 11.3 Å². The number of halogens is 6. The molecule has 3 N–H and O–H groups in total. The molecule has 1 aliphatic carbocycles. The Labute approximate surface area is 270 Å². The lowest BCUT2D eigenvalue weighted by atomic mass is 9.84. The Morgan fingerprint density at radius 3 is 2.12 bits per heavy atom. The first-order chi connectivity index (χ1) is 22.9. The van der Waals surface area contributed by atoms with Crippen LogP contribution in [0.3, 0.4) is 0 Å². The number of aromatic amines is 1. The van der Waals surface area contributed by atoms with Crippen molar-refractivity contribution in [2.75, 3.05) is 22.1 Å². The fourth-order valence-corrected chi connectivity index (χ4v) is 5.44. The number of anilines is 3. The van der Waals surface area contributed by atoms with E-state index in [-0.39, 0.29) is 30.1 Å². The van der Waals surface area contributed by atoms with Crippen molar-refractivity contribution in [1.82, 2.24) is 20.6 Å². The molecule has 1 saturated carbocycles. The van der Waals surface area contributed by atoms with Crippen molar-refractivity contribution >= 4 is 29.2 Å². The summed E-state index contributed by atoms with van der Waals surface area (Å²) in [5.74, 6) is -0.322. The monoisotopic (exact) mass is 669 g/mol. The summed E-state index contributed by atoms with van der Waals surface area (Å²) in [7, 11) is 0. The zero-order chi connectivity index (χ0) is 34.3. The third-order valence-corrected chi connectivity index (χ3v) is 7.81. The summed E-state index contributed by atoms with van der Waals surface area (Å²) in [5, 5.41) is 27.4. The molecule has 0 saturated heterocycles. The summed E-state index contributed by atoms with van der Waals surface area (Å²) >= 11 is 0. The highest BCUT2D eigenvalue weighted by molar-refractivity contribution is 6.06. The van der Waals surface area contributed by atoms with Crippen LogP contribution < -0.4 is 15.5 Å². The number of rotatable bonds is 8. The maximum atomic E-state index is 13.7. The Morgan fingerprint density at radius 1 is 0.917 bits per heavy atom. The van der Waals surface area contributed by atoms with E-state index in [1.165, 1.54) is 18.6 Å². The van der Waals surface area contributed by atoms with Gasteiger partial charge < -0.3 is 10.2 Å². The van der Waals surface area contributed by atoms with Crippen molar-refractivity contribution in [3.8, 4) is 6.07 Å². The number of aromatic nitrogens is 4. The number of hydrogen-bond donors (Lipinski definition) is 3. The minimum atomic E-state index is -5.06. The first-order valence-corrected chi connectivity index (χ1v) is 14.9. The van der Waals surface area contributed by atoms with Gasteiger partial charge in [-0.3, -0.25) is 10.1 Å². The number of nitrogens with one attached hydrogen (secondary N) is 3. The second-order valence-corrected chi connectivity index (χ2v) is 11.1. The van der Waals surface area contributed by atoms with Crippen LogP contribution in [-0.2, 0) is 18.9 Å². The van der Waals surface area contributed by atoms with Crippen LogP contribution in [0.25, 0.3) is 0 Å². The molecule has 0 spiro atoms. The first kappa shape index (κ1) is 33.9. The topological polar surface area (TPSA) is 135 Å². The summed E-state index contributed by atoms with van der Waals surface area (Å²) < 4.78 is 81.9. The zero-order valence-electron chi connectivity index (χ0n) is 25.2. The van der Waals surface area contributed by atoms with Crippen molar-refractivity contribution in [1.29, 1.82) is 5.26 Å². The molecule has 1 heterocycles. The van der Waals surface area contributed by atoms with E-state index in [0.717, 1.165) is 31.2 Å². The van der Waals surface area contributed by atoms with Crippen LogP contribution in [0.5, 0.6) is 0 Å². The number of nitriles is 1. The van der Waals surface area contributed by atoms with E-state index in [1.54, 1.807) is 29.2 Å². The van der Waals surface area contributed by atoms with E-state index in [9.17, 15) is 36.4 Å². The van der Waals surface area contributed by atoms with Gasteiger partial charge in [0.15, 0.2) is 0 Å². The number of H-pyrrole nitrogens is 1. The summed E-state index contributed by atoms with van der Waals surface area (Å²) in [6, 6.07) is 16.8. The van der Waals surface area contributed by atoms with Crippen LogP contribution in [0.15, 0.2) is 71.7 Å². The SMILES string of the molecule is N#CCN=C(Nc1cc(C(F)(F)F)cc(C(F)(F)F)c1)N(Cc1ccc(C(=O)Nc2nn[nH]n2)cc1)c1ccc(C2CCCCC2)cc1. The molecule has 4 aromatic rings. The molecule has 1 aromatic heterocycles. The van der Waals surface area contributed by atoms with Gasteiger partial charge in [0, 0.05) is 16.9 Å². The number of guanidine groups is 1. The zero-order valence-corrected chi connectivity index (χ0v) is 25.2. The van der Waals surface area contributed by atoms with Gasteiger partial charge in [-0.2, -0.15) is 36.8 Å². The highest BCUT2D eigenvalue weighted by Crippen LogP contribution is 2.38. The highest BCUT2D eigenvalue weighted by Gasteiger charge is 2.37. The average Bonchev–Trinajstić information content (AvgIpc) is 3.58. The van der Waals surface area contributed by atoms with Gasteiger partial charge in [0.1, 0.15) is 6.54 Å². The molecule has 3 aromatic carbocycles. The van der Waals surface area contributed by atoms with E-state index in [1.807, 2.05) is 18.2 Å². The lowest BCUT2D eigenvalue weighted by molar-refractivity contribution is -0.143. The quantitative estimate of drug-likeness (QED) is 0.0764. The van der Waals surface area contributed by atoms with Crippen LogP contribution in [0.4, 0.5) is 43.7 Å². The number of alkyl halides is 6. The molecule has 250 valence electrons. The fourth-order valence-electron chi connectivity index (χ4n) is 5.44. The third-order valence-electron chi connectivity index (χ3n) is 7.81. The Bertz CT molecular complexity index is 1730. The molecule has 10 nitrogen and oxygen atoms in total. The van der Waals surface area contributed by atoms with Crippen molar-refractivity contribution in [3.63, 3.8) is 0 Å². The van der Waals surface area contributed by atoms with E-state index >= 15 is 0 Å². The lowest BCUT2D eigenvalue weighted by Crippen LogP contribution is -2.36. The van der Waals surface area contributed by atoms with Gasteiger partial charge in [-0.1, -0.05) is 48.6 Å². The molecule has 5 rings (SSSR count). The molecule has 0 bridgehead atoms. The predicted molar refractivity (Wildman–Crippen MR) is 165 cm³/mol. The molecule has 48 heavy (non-hydrogen) atoms. The maximum Gasteiger partial charge on any atom is 0.416 e. The second kappa shape index (κ2) is 14.5. The normalized spacial score (nSPS) is 14.3. The van der Waals surface area contributed by atoms with Gasteiger partial charge in [-0.25, -0.2) is 4.99 Å². The number of aliphatic imine (C=N–C) groups is 1. The summed E-state index contributed by atoms with van der Waals surface area (Å²) in [6.45, 7) is -0.433. The molecule has 0 unspecified atom stereocenters. The van der Waals surface area contributed by atoms with Gasteiger partial charge in [0.25, 0.3) is 11.9 Å². The van der Waals surface area contributed by atoms with Crippen LogP contribution in [0.1, 0.15) is 70.6 Å². The number of benzene rings is 3. The maximum absolute atomic E-state index is 13.7. The highest BCUT2D eigenvalue weighted by atomic mass is 19.4. The number of carbonyl (C=O) groups is 1. The molecule has 16 heteroatoms. The molecular weight excluding hydrogens is 640 g/mol. The van der Waals surface area contributed by atoms with Crippen molar-refractivity contribution in [3.05, 3.63) is 94.5 Å². The molecule has 0 aliphatic heterocycles. The largest absolute Gasteiger partial charge is 0.416 e. The Balaban J connectivity index is 1.50. The van der Waals surface area contributed by atoms with Crippen LogP contribution >= 0.6 is 0 Å². The predicted octanol–water partition coefficient (Wildman–Crippen LogP) is 7.54. The summed E-state index contributed by atoms with van der Waals surface area (Å²) in [4.78, 5) is 18.4. The second-order valence-electron chi connectivity index (χ2n) is 11.1.